The van der Waals surface area contributed by atoms with Gasteiger partial charge in [0.05, 0.1) is 48.5 Å². The molecule has 0 aromatic heterocycles. The Balaban J connectivity index is 1.88. The molecule has 2 bridgehead atoms. The molecule has 0 aromatic carbocycles. The van der Waals surface area contributed by atoms with E-state index in [1.54, 1.807) is 56.4 Å². The lowest BCUT2D eigenvalue weighted by molar-refractivity contribution is -0.488. The number of hydrogen-bond donors (Lipinski definition) is 8. The molecule has 15 heteroatoms. The van der Waals surface area contributed by atoms with Crippen LogP contribution in [0.1, 0.15) is 72.1 Å². The van der Waals surface area contributed by atoms with Crippen molar-refractivity contribution in [3.05, 3.63) is 48.6 Å². The summed E-state index contributed by atoms with van der Waals surface area (Å²) in [7, 11) is 0. The lowest BCUT2D eigenvalue weighted by Crippen LogP contribution is -2.78. The first-order valence-corrected chi connectivity index (χ1v) is 17.6. The number of aliphatic hydroxyl groups is 6. The van der Waals surface area contributed by atoms with Crippen molar-refractivity contribution in [2.24, 2.45) is 17.6 Å². The van der Waals surface area contributed by atoms with Crippen LogP contribution in [0, 0.1) is 11.8 Å². The summed E-state index contributed by atoms with van der Waals surface area (Å²) in [6.45, 7) is 4.82. The number of hydrogen-bond acceptors (Lipinski definition) is 13. The number of aliphatic hydroxyl groups excluding tert-OH is 5. The predicted molar refractivity (Wildman–Crippen MR) is 182 cm³/mol. The third-order valence-corrected chi connectivity index (χ3v) is 9.54. The van der Waals surface area contributed by atoms with Crippen molar-refractivity contribution < 1.29 is 69.7 Å². The van der Waals surface area contributed by atoms with Gasteiger partial charge in [-0.3, -0.25) is 14.4 Å². The molecule has 0 radical (unpaired) electrons. The first kappa shape index (κ1) is 42.6. The highest BCUT2D eigenvalue weighted by atomic mass is 16.7. The SMILES string of the molecule is C[C@@H]1C/C=C/C=C/C=C/C=C/[C@H](O[C@@H]2O[C@H](C)[C@@H](O)[C@H]([NH3+])[C@@H]2O)C[C@@H]2O[C@](O)(C[C@@H](O)CCCC(=O)C[C@@H](O)[C@H](C)C(=O)O1)C[C@H](O)[C@H]2C(N)=O. The van der Waals surface area contributed by atoms with Crippen molar-refractivity contribution in [1.29, 1.82) is 0 Å². The van der Waals surface area contributed by atoms with E-state index in [-0.39, 0.29) is 44.3 Å². The molecule has 1 amide bonds. The first-order chi connectivity index (χ1) is 24.0. The average molecular weight is 726 g/mol. The molecule has 0 spiro atoms. The Kier molecular flexibility index (Phi) is 16.6. The number of nitrogens with two attached hydrogens (primary N) is 1. The molecule has 3 heterocycles. The van der Waals surface area contributed by atoms with Gasteiger partial charge in [0, 0.05) is 38.5 Å². The van der Waals surface area contributed by atoms with Gasteiger partial charge >= 0.3 is 5.97 Å². The van der Waals surface area contributed by atoms with Crippen LogP contribution in [-0.4, -0.2) is 121 Å². The second kappa shape index (κ2) is 19.9. The van der Waals surface area contributed by atoms with Crippen LogP contribution >= 0.6 is 0 Å². The van der Waals surface area contributed by atoms with Crippen molar-refractivity contribution in [2.45, 2.75) is 145 Å². The minimum absolute atomic E-state index is 0.00242. The second-order valence-corrected chi connectivity index (χ2v) is 14.0. The van der Waals surface area contributed by atoms with Crippen LogP contribution in [0.15, 0.2) is 48.6 Å². The molecular formula is C36H57N2O13+. The van der Waals surface area contributed by atoms with Gasteiger partial charge in [-0.1, -0.05) is 48.6 Å². The van der Waals surface area contributed by atoms with E-state index in [0.29, 0.717) is 6.42 Å². The maximum absolute atomic E-state index is 12.6. The number of ketones is 1. The molecule has 14 atom stereocenters. The molecule has 15 nitrogen and oxygen atoms in total. The molecule has 3 aliphatic rings. The molecule has 288 valence electrons. The highest BCUT2D eigenvalue weighted by Crippen LogP contribution is 2.37. The Bertz CT molecular complexity index is 1270. The third kappa shape index (κ3) is 13.0. The zero-order valence-electron chi connectivity index (χ0n) is 29.6. The van der Waals surface area contributed by atoms with Gasteiger partial charge in [0.2, 0.25) is 5.91 Å². The zero-order valence-corrected chi connectivity index (χ0v) is 29.6. The molecule has 3 rings (SSSR count). The van der Waals surface area contributed by atoms with Gasteiger partial charge in [-0.05, 0) is 33.6 Å². The number of amides is 1. The van der Waals surface area contributed by atoms with Crippen LogP contribution < -0.4 is 11.5 Å². The van der Waals surface area contributed by atoms with Gasteiger partial charge < -0.3 is 61.1 Å². The number of cyclic esters (lactones) is 1. The minimum atomic E-state index is -2.09. The molecule has 3 aliphatic heterocycles. The van der Waals surface area contributed by atoms with Crippen molar-refractivity contribution >= 4 is 17.7 Å². The van der Waals surface area contributed by atoms with Crippen LogP contribution in [-0.2, 0) is 33.3 Å². The van der Waals surface area contributed by atoms with Crippen molar-refractivity contribution in [3.8, 4) is 0 Å². The minimum Gasteiger partial charge on any atom is -0.462 e. The zero-order chi connectivity index (χ0) is 37.9. The van der Waals surface area contributed by atoms with Gasteiger partial charge in [-0.25, -0.2) is 0 Å². The Morgan fingerprint density at radius 1 is 0.961 bits per heavy atom. The van der Waals surface area contributed by atoms with Crippen LogP contribution in [0.3, 0.4) is 0 Å². The van der Waals surface area contributed by atoms with Crippen LogP contribution in [0.25, 0.3) is 0 Å². The summed E-state index contributed by atoms with van der Waals surface area (Å²) >= 11 is 0. The molecule has 0 aliphatic carbocycles. The number of ether oxygens (including phenoxy) is 4. The summed E-state index contributed by atoms with van der Waals surface area (Å²) in [5, 5.41) is 64.8. The fourth-order valence-corrected chi connectivity index (χ4v) is 6.44. The predicted octanol–water partition coefficient (Wildman–Crippen LogP) is -0.784. The van der Waals surface area contributed by atoms with E-state index in [0.717, 1.165) is 0 Å². The topological polar surface area (TPSA) is 263 Å². The smallest absolute Gasteiger partial charge is 0.311 e. The quantitative estimate of drug-likeness (QED) is 0.166. The monoisotopic (exact) mass is 725 g/mol. The Hall–Kier alpha value is -2.83. The largest absolute Gasteiger partial charge is 0.462 e. The van der Waals surface area contributed by atoms with E-state index in [9.17, 15) is 45.0 Å². The van der Waals surface area contributed by atoms with E-state index in [2.05, 4.69) is 5.73 Å². The molecule has 0 aromatic rings. The molecule has 2 fully saturated rings. The normalized spacial score (nSPS) is 44.1. The number of esters is 1. The summed E-state index contributed by atoms with van der Waals surface area (Å²) in [5.41, 5.74) is 9.50. The number of carbonyl (C=O) groups excluding carboxylic acids is 3. The Morgan fingerprint density at radius 3 is 2.31 bits per heavy atom. The summed E-state index contributed by atoms with van der Waals surface area (Å²) in [5.74, 6) is -6.09. The van der Waals surface area contributed by atoms with Gasteiger partial charge in [0.1, 0.15) is 24.0 Å². The van der Waals surface area contributed by atoms with Gasteiger partial charge in [-0.2, -0.15) is 0 Å². The molecule has 0 saturated carbocycles. The number of fused-ring (bicyclic) bond motifs is 2. The van der Waals surface area contributed by atoms with E-state index in [1.165, 1.54) is 6.92 Å². The summed E-state index contributed by atoms with van der Waals surface area (Å²) in [4.78, 5) is 37.7. The number of quaternary nitrogens is 1. The Morgan fingerprint density at radius 2 is 1.63 bits per heavy atom. The second-order valence-electron chi connectivity index (χ2n) is 14.0. The van der Waals surface area contributed by atoms with Crippen LogP contribution in [0.2, 0.25) is 0 Å². The number of allylic oxidation sites excluding steroid dienone is 6. The fraction of sp³-hybridized carbons (Fsp3) is 0.694. The van der Waals surface area contributed by atoms with Crippen LogP contribution in [0.5, 0.6) is 0 Å². The fourth-order valence-electron chi connectivity index (χ4n) is 6.44. The number of primary amides is 1. The maximum atomic E-state index is 12.6. The van der Waals surface area contributed by atoms with Gasteiger partial charge in [0.25, 0.3) is 0 Å². The lowest BCUT2D eigenvalue weighted by Gasteiger charge is -2.45. The first-order valence-electron chi connectivity index (χ1n) is 17.6. The average Bonchev–Trinajstić information content (AvgIpc) is 3.03. The number of carbonyl (C=O) groups is 3. The van der Waals surface area contributed by atoms with E-state index < -0.39 is 103 Å². The van der Waals surface area contributed by atoms with Gasteiger partial charge in [-0.15, -0.1) is 0 Å². The lowest BCUT2D eigenvalue weighted by atomic mass is 9.82. The summed E-state index contributed by atoms with van der Waals surface area (Å²) < 4.78 is 23.3. The summed E-state index contributed by atoms with van der Waals surface area (Å²) in [6.07, 6.45) is 2.44. The maximum Gasteiger partial charge on any atom is 0.311 e. The number of Topliss-reactive ketones (excluding diaryl/α,β-unsaturated/α-hetero) is 1. The van der Waals surface area contributed by atoms with E-state index in [1.807, 2.05) is 6.08 Å². The van der Waals surface area contributed by atoms with Gasteiger partial charge in [0.15, 0.2) is 18.2 Å². The molecule has 0 unspecified atom stereocenters. The standard InChI is InChI=1S/C36H56N2O13/c1-20-12-9-7-5-4-6-8-10-15-25(50-35-32(44)30(37)31(43)22(3)49-35)17-28-29(33(38)45)27(42)19-36(47,51-28)18-24(40)14-11-13-23(39)16-26(41)21(2)34(46)48-20/h4-10,15,20-22,24-32,35,40-44,47H,11-14,16-19,37H2,1-3H3,(H2,38,45)/p+1/b5-4+,8-6+,9-7+,15-10+/t20-,21+,22-,24+,25+,26-,27+,28+,29-,30+,31-,32+,35+,36-/m1/s1. The van der Waals surface area contributed by atoms with Crippen LogP contribution in [0.4, 0.5) is 0 Å². The Labute approximate surface area is 298 Å². The van der Waals surface area contributed by atoms with Crippen molar-refractivity contribution in [3.63, 3.8) is 0 Å². The van der Waals surface area contributed by atoms with Crippen molar-refractivity contribution in [1.82, 2.24) is 0 Å². The number of rotatable bonds is 3. The van der Waals surface area contributed by atoms with E-state index in [4.69, 9.17) is 24.7 Å². The third-order valence-electron chi connectivity index (χ3n) is 9.54. The van der Waals surface area contributed by atoms with Crippen molar-refractivity contribution in [2.75, 3.05) is 0 Å². The highest BCUT2D eigenvalue weighted by Gasteiger charge is 2.50. The van der Waals surface area contributed by atoms with E-state index >= 15 is 0 Å². The molecule has 51 heavy (non-hydrogen) atoms. The highest BCUT2D eigenvalue weighted by molar-refractivity contribution is 5.80. The summed E-state index contributed by atoms with van der Waals surface area (Å²) in [6, 6.07) is -0.832. The molecule has 2 saturated heterocycles. The molecular weight excluding hydrogens is 668 g/mol. The molecule has 11 N–H and O–H groups in total.